The highest BCUT2D eigenvalue weighted by molar-refractivity contribution is 5.85. The van der Waals surface area contributed by atoms with Crippen LogP contribution in [0, 0.1) is 11.8 Å². The first-order valence-electron chi connectivity index (χ1n) is 6.46. The first kappa shape index (κ1) is 15.2. The fraction of sp³-hybridized carbons (Fsp3) is 0.615. The first-order chi connectivity index (χ1) is 9.02. The zero-order valence-corrected chi connectivity index (χ0v) is 10.8. The minimum Gasteiger partial charge on any atom is -0.481 e. The molecule has 19 heavy (non-hydrogen) atoms. The molecule has 0 bridgehead atoms. The lowest BCUT2D eigenvalue weighted by atomic mass is 9.82. The Balaban J connectivity index is 2.33. The van der Waals surface area contributed by atoms with Gasteiger partial charge in [-0.05, 0) is 25.7 Å². The third kappa shape index (κ3) is 5.11. The molecule has 6 heteroatoms. The van der Waals surface area contributed by atoms with Crippen molar-refractivity contribution in [1.82, 2.24) is 5.32 Å². The van der Waals surface area contributed by atoms with Gasteiger partial charge in [-0.2, -0.15) is 0 Å². The van der Waals surface area contributed by atoms with Gasteiger partial charge >= 0.3 is 5.97 Å². The summed E-state index contributed by atoms with van der Waals surface area (Å²) >= 11 is 0. The molecule has 2 amide bonds. The number of nitrogens with one attached hydrogen (secondary N) is 1. The van der Waals surface area contributed by atoms with E-state index in [0.717, 1.165) is 0 Å². The van der Waals surface area contributed by atoms with Crippen LogP contribution in [-0.2, 0) is 14.4 Å². The molecule has 0 aromatic heterocycles. The van der Waals surface area contributed by atoms with Gasteiger partial charge in [0.1, 0.15) is 0 Å². The van der Waals surface area contributed by atoms with E-state index in [-0.39, 0.29) is 11.8 Å². The van der Waals surface area contributed by atoms with Crippen molar-refractivity contribution in [3.8, 4) is 0 Å². The van der Waals surface area contributed by atoms with Crippen LogP contribution in [0.5, 0.6) is 0 Å². The van der Waals surface area contributed by atoms with E-state index < -0.39 is 17.8 Å². The summed E-state index contributed by atoms with van der Waals surface area (Å²) in [4.78, 5) is 33.5. The standard InChI is InChI=1S/C13H20N2O4/c14-11(16)7-3-4-8-15-12(17)9-5-1-2-6-10(9)13(18)19/h1-2,9-10H,3-8H2,(H2,14,16)(H,15,17)(H,18,19)/t9-,10+/m1/s1. The number of hydrogen-bond acceptors (Lipinski definition) is 3. The summed E-state index contributed by atoms with van der Waals surface area (Å²) in [6, 6.07) is 0. The number of allylic oxidation sites excluding steroid dienone is 2. The zero-order valence-electron chi connectivity index (χ0n) is 10.8. The van der Waals surface area contributed by atoms with Gasteiger partial charge in [-0.3, -0.25) is 14.4 Å². The minimum atomic E-state index is -0.932. The van der Waals surface area contributed by atoms with E-state index in [0.29, 0.717) is 38.6 Å². The SMILES string of the molecule is NC(=O)CCCCNC(=O)[C@@H]1CC=CC[C@@H]1C(=O)O. The van der Waals surface area contributed by atoms with Gasteiger partial charge in [-0.25, -0.2) is 0 Å². The van der Waals surface area contributed by atoms with Crippen molar-refractivity contribution < 1.29 is 19.5 Å². The number of unbranched alkanes of at least 4 members (excludes halogenated alkanes) is 1. The number of nitrogens with two attached hydrogens (primary N) is 1. The molecule has 1 aliphatic rings. The smallest absolute Gasteiger partial charge is 0.307 e. The van der Waals surface area contributed by atoms with E-state index in [1.807, 2.05) is 6.08 Å². The van der Waals surface area contributed by atoms with Crippen molar-refractivity contribution in [1.29, 1.82) is 0 Å². The predicted octanol–water partition coefficient (Wildman–Crippen LogP) is 0.425. The number of amides is 2. The number of carboxylic acid groups (broad SMARTS) is 1. The molecule has 1 aliphatic carbocycles. The monoisotopic (exact) mass is 268 g/mol. The summed E-state index contributed by atoms with van der Waals surface area (Å²) in [6.45, 7) is 0.443. The second kappa shape index (κ2) is 7.56. The van der Waals surface area contributed by atoms with E-state index in [4.69, 9.17) is 10.8 Å². The average molecular weight is 268 g/mol. The van der Waals surface area contributed by atoms with Crippen LogP contribution in [-0.4, -0.2) is 29.4 Å². The van der Waals surface area contributed by atoms with E-state index >= 15 is 0 Å². The molecule has 0 fully saturated rings. The Labute approximate surface area is 112 Å². The van der Waals surface area contributed by atoms with Crippen molar-refractivity contribution >= 4 is 17.8 Å². The summed E-state index contributed by atoms with van der Waals surface area (Å²) in [5.74, 6) is -2.65. The van der Waals surface area contributed by atoms with Crippen LogP contribution >= 0.6 is 0 Å². The van der Waals surface area contributed by atoms with E-state index in [2.05, 4.69) is 5.32 Å². The van der Waals surface area contributed by atoms with Crippen molar-refractivity contribution in [3.63, 3.8) is 0 Å². The fourth-order valence-electron chi connectivity index (χ4n) is 2.14. The zero-order chi connectivity index (χ0) is 14.3. The summed E-state index contributed by atoms with van der Waals surface area (Å²) in [7, 11) is 0. The topological polar surface area (TPSA) is 109 Å². The van der Waals surface area contributed by atoms with Crippen LogP contribution in [0.1, 0.15) is 32.1 Å². The van der Waals surface area contributed by atoms with Gasteiger partial charge in [0.05, 0.1) is 11.8 Å². The largest absolute Gasteiger partial charge is 0.481 e. The van der Waals surface area contributed by atoms with Gasteiger partial charge in [0.2, 0.25) is 11.8 Å². The molecule has 0 aliphatic heterocycles. The minimum absolute atomic E-state index is 0.226. The van der Waals surface area contributed by atoms with Gasteiger partial charge < -0.3 is 16.2 Å². The Morgan fingerprint density at radius 2 is 1.79 bits per heavy atom. The van der Waals surface area contributed by atoms with Gasteiger partial charge in [-0.1, -0.05) is 12.2 Å². The van der Waals surface area contributed by atoms with E-state index in [1.54, 1.807) is 6.08 Å². The van der Waals surface area contributed by atoms with Gasteiger partial charge in [0, 0.05) is 13.0 Å². The number of carboxylic acids is 1. The molecule has 1 rings (SSSR count). The Morgan fingerprint density at radius 3 is 2.37 bits per heavy atom. The van der Waals surface area contributed by atoms with Crippen LogP contribution in [0.4, 0.5) is 0 Å². The Kier molecular flexibility index (Phi) is 6.05. The van der Waals surface area contributed by atoms with Crippen LogP contribution in [0.25, 0.3) is 0 Å². The molecular formula is C13H20N2O4. The second-order valence-corrected chi connectivity index (χ2v) is 4.71. The van der Waals surface area contributed by atoms with Crippen LogP contribution < -0.4 is 11.1 Å². The lowest BCUT2D eigenvalue weighted by Gasteiger charge is -2.24. The maximum absolute atomic E-state index is 11.9. The van der Waals surface area contributed by atoms with Crippen molar-refractivity contribution in [2.24, 2.45) is 17.6 Å². The average Bonchev–Trinajstić information content (AvgIpc) is 2.37. The molecule has 0 heterocycles. The summed E-state index contributed by atoms with van der Waals surface area (Å²) < 4.78 is 0. The number of rotatable bonds is 7. The third-order valence-electron chi connectivity index (χ3n) is 3.24. The van der Waals surface area contributed by atoms with Gasteiger partial charge in [0.15, 0.2) is 0 Å². The number of carbonyl (C=O) groups excluding carboxylic acids is 2. The lowest BCUT2D eigenvalue weighted by molar-refractivity contribution is -0.147. The molecule has 4 N–H and O–H groups in total. The molecular weight excluding hydrogens is 248 g/mol. The highest BCUT2D eigenvalue weighted by atomic mass is 16.4. The highest BCUT2D eigenvalue weighted by Gasteiger charge is 2.33. The molecule has 0 saturated heterocycles. The second-order valence-electron chi connectivity index (χ2n) is 4.71. The number of primary amides is 1. The van der Waals surface area contributed by atoms with Gasteiger partial charge in [-0.15, -0.1) is 0 Å². The summed E-state index contributed by atoms with van der Waals surface area (Å²) in [5.41, 5.74) is 5.00. The normalized spacial score (nSPS) is 21.9. The predicted molar refractivity (Wildman–Crippen MR) is 69.0 cm³/mol. The van der Waals surface area contributed by atoms with E-state index in [1.165, 1.54) is 0 Å². The number of hydrogen-bond donors (Lipinski definition) is 3. The van der Waals surface area contributed by atoms with Gasteiger partial charge in [0.25, 0.3) is 0 Å². The highest BCUT2D eigenvalue weighted by Crippen LogP contribution is 2.25. The van der Waals surface area contributed by atoms with Crippen LogP contribution in [0.3, 0.4) is 0 Å². The molecule has 106 valence electrons. The quantitative estimate of drug-likeness (QED) is 0.459. The van der Waals surface area contributed by atoms with Crippen molar-refractivity contribution in [3.05, 3.63) is 12.2 Å². The molecule has 0 spiro atoms. The molecule has 0 aromatic carbocycles. The maximum atomic E-state index is 11.9. The van der Waals surface area contributed by atoms with E-state index in [9.17, 15) is 14.4 Å². The van der Waals surface area contributed by atoms with Crippen LogP contribution in [0.2, 0.25) is 0 Å². The molecule has 0 aromatic rings. The van der Waals surface area contributed by atoms with Crippen molar-refractivity contribution in [2.75, 3.05) is 6.54 Å². The fourth-order valence-corrected chi connectivity index (χ4v) is 2.14. The molecule has 0 unspecified atom stereocenters. The summed E-state index contributed by atoms with van der Waals surface area (Å²) in [5, 5.41) is 11.8. The summed E-state index contributed by atoms with van der Waals surface area (Å²) in [6.07, 6.45) is 6.10. The first-order valence-corrected chi connectivity index (χ1v) is 6.46. The number of aliphatic carboxylic acids is 1. The number of carbonyl (C=O) groups is 3. The van der Waals surface area contributed by atoms with Crippen molar-refractivity contribution in [2.45, 2.75) is 32.1 Å². The Bertz CT molecular complexity index is 379. The molecule has 6 nitrogen and oxygen atoms in total. The molecule has 2 atom stereocenters. The maximum Gasteiger partial charge on any atom is 0.307 e. The Morgan fingerprint density at radius 1 is 1.16 bits per heavy atom. The third-order valence-corrected chi connectivity index (χ3v) is 3.24. The Hall–Kier alpha value is -1.85. The lowest BCUT2D eigenvalue weighted by Crippen LogP contribution is -2.39. The van der Waals surface area contributed by atoms with Crippen LogP contribution in [0.15, 0.2) is 12.2 Å². The molecule has 0 saturated carbocycles. The molecule has 0 radical (unpaired) electrons.